The molecule has 3 nitrogen and oxygen atoms in total. The molecular weight excluding hydrogens is 238 g/mol. The minimum absolute atomic E-state index is 0.0555. The van der Waals surface area contributed by atoms with Crippen molar-refractivity contribution in [2.45, 2.75) is 0 Å². The van der Waals surface area contributed by atoms with Crippen molar-refractivity contribution in [3.05, 3.63) is 28.8 Å². The molecule has 0 radical (unpaired) electrons. The molecule has 1 rings (SSSR count). The topological polar surface area (TPSA) is 58.6 Å². The Balaban J connectivity index is 3.31. The van der Waals surface area contributed by atoms with Crippen LogP contribution in [0.1, 0.15) is 5.56 Å². The number of amidine groups is 1. The number of oxime groups is 1. The first-order valence-corrected chi connectivity index (χ1v) is 4.77. The first-order valence-electron chi connectivity index (χ1n) is 3.18. The molecule has 12 heavy (non-hydrogen) atoms. The first kappa shape index (κ1) is 9.43. The van der Waals surface area contributed by atoms with Crippen LogP contribution < -0.4 is 10.1 Å². The van der Waals surface area contributed by atoms with Crippen LogP contribution in [-0.2, 0) is 0 Å². The van der Waals surface area contributed by atoms with Gasteiger partial charge in [-0.2, -0.15) is 0 Å². The van der Waals surface area contributed by atoms with E-state index in [2.05, 4.69) is 5.16 Å². The van der Waals surface area contributed by atoms with Gasteiger partial charge in [0, 0.05) is 0 Å². The molecule has 0 bridgehead atoms. The Morgan fingerprint density at radius 2 is 2.25 bits per heavy atom. The third-order valence-corrected chi connectivity index (χ3v) is 2.73. The molecule has 0 fully saturated rings. The predicted molar refractivity (Wildman–Crippen MR) is 52.1 cm³/mol. The quantitative estimate of drug-likeness (QED) is 0.235. The molecule has 0 heterocycles. The molecule has 0 aliphatic heterocycles. The van der Waals surface area contributed by atoms with Gasteiger partial charge in [-0.05, 0) is 0 Å². The molecule has 0 aliphatic rings. The minimum atomic E-state index is 0.0555. The van der Waals surface area contributed by atoms with E-state index < -0.39 is 0 Å². The van der Waals surface area contributed by atoms with Crippen LogP contribution in [0, 0.1) is 0 Å². The van der Waals surface area contributed by atoms with Crippen LogP contribution in [-0.4, -0.2) is 27.9 Å². The second-order valence-corrected chi connectivity index (χ2v) is 3.90. The summed E-state index contributed by atoms with van der Waals surface area (Å²) in [4.78, 5) is 0. The number of benzene rings is 1. The van der Waals surface area contributed by atoms with E-state index in [1.54, 1.807) is 6.07 Å². The molecular formula is C7H8AsClN2O. The van der Waals surface area contributed by atoms with E-state index in [0.717, 1.165) is 4.35 Å². The standard InChI is InChI=1S/C7H8AsClN2O/c8-4-2-1-3-5(9)6(4)7(10)11-12/h1-3,12H,8H2,(H2,10,11). The van der Waals surface area contributed by atoms with Gasteiger partial charge in [-0.3, -0.25) is 0 Å². The predicted octanol–water partition coefficient (Wildman–Crippen LogP) is -0.307. The third kappa shape index (κ3) is 1.74. The van der Waals surface area contributed by atoms with E-state index in [9.17, 15) is 0 Å². The van der Waals surface area contributed by atoms with Gasteiger partial charge in [0.25, 0.3) is 0 Å². The Labute approximate surface area is 83.7 Å². The Morgan fingerprint density at radius 3 is 2.75 bits per heavy atom. The zero-order valence-electron chi connectivity index (χ0n) is 6.16. The Hall–Kier alpha value is -0.662. The number of hydrogen-bond acceptors (Lipinski definition) is 2. The Morgan fingerprint density at radius 1 is 1.58 bits per heavy atom. The summed E-state index contributed by atoms with van der Waals surface area (Å²) >= 11 is 7.23. The number of rotatable bonds is 1. The van der Waals surface area contributed by atoms with Gasteiger partial charge in [-0.15, -0.1) is 0 Å². The summed E-state index contributed by atoms with van der Waals surface area (Å²) in [7, 11) is 0. The number of nitrogens with zero attached hydrogens (tertiary/aromatic N) is 1. The van der Waals surface area contributed by atoms with Crippen molar-refractivity contribution in [1.82, 2.24) is 0 Å². The van der Waals surface area contributed by atoms with Gasteiger partial charge in [0.05, 0.1) is 0 Å². The number of hydrogen-bond donors (Lipinski definition) is 2. The molecule has 1 atom stereocenters. The van der Waals surface area contributed by atoms with E-state index >= 15 is 0 Å². The monoisotopic (exact) mass is 246 g/mol. The van der Waals surface area contributed by atoms with E-state index in [-0.39, 0.29) is 5.84 Å². The fourth-order valence-corrected chi connectivity index (χ4v) is 2.20. The summed E-state index contributed by atoms with van der Waals surface area (Å²) in [5.74, 6) is 0.0555. The summed E-state index contributed by atoms with van der Waals surface area (Å²) in [6, 6.07) is 5.41. The fraction of sp³-hybridized carbons (Fsp3) is 0. The second kappa shape index (κ2) is 3.83. The van der Waals surface area contributed by atoms with Crippen LogP contribution in [0.5, 0.6) is 0 Å². The van der Waals surface area contributed by atoms with Gasteiger partial charge in [0.1, 0.15) is 0 Å². The fourth-order valence-electron chi connectivity index (χ4n) is 0.861. The van der Waals surface area contributed by atoms with Crippen molar-refractivity contribution >= 4 is 38.6 Å². The van der Waals surface area contributed by atoms with Crippen molar-refractivity contribution in [3.63, 3.8) is 0 Å². The molecule has 0 saturated carbocycles. The molecule has 5 heteroatoms. The normalized spacial score (nSPS) is 11.7. The van der Waals surface area contributed by atoms with Crippen molar-refractivity contribution in [1.29, 1.82) is 0 Å². The van der Waals surface area contributed by atoms with Gasteiger partial charge in [0.15, 0.2) is 0 Å². The molecule has 1 aromatic carbocycles. The van der Waals surface area contributed by atoms with Gasteiger partial charge in [-0.25, -0.2) is 0 Å². The van der Waals surface area contributed by atoms with Crippen LogP contribution in [0.15, 0.2) is 23.4 Å². The van der Waals surface area contributed by atoms with Gasteiger partial charge in [0.2, 0.25) is 0 Å². The van der Waals surface area contributed by atoms with E-state index in [1.165, 1.54) is 16.9 Å². The molecule has 64 valence electrons. The van der Waals surface area contributed by atoms with Crippen LogP contribution in [0.4, 0.5) is 0 Å². The Bertz CT molecular complexity index is 307. The summed E-state index contributed by atoms with van der Waals surface area (Å²) in [6.07, 6.45) is 0. The van der Waals surface area contributed by atoms with Crippen LogP contribution >= 0.6 is 11.6 Å². The van der Waals surface area contributed by atoms with Gasteiger partial charge < -0.3 is 0 Å². The Kier molecular flexibility index (Phi) is 3.01. The number of nitrogens with two attached hydrogens (primary N) is 1. The average Bonchev–Trinajstić information content (AvgIpc) is 2.03. The van der Waals surface area contributed by atoms with Crippen molar-refractivity contribution < 1.29 is 5.21 Å². The maximum absolute atomic E-state index is 8.45. The SMILES string of the molecule is NC(=NO)c1c(Cl)cccc1[AsH2]. The molecule has 0 amide bonds. The maximum atomic E-state index is 8.45. The van der Waals surface area contributed by atoms with E-state index in [4.69, 9.17) is 22.5 Å². The van der Waals surface area contributed by atoms with Crippen LogP contribution in [0.2, 0.25) is 5.02 Å². The molecule has 0 saturated heterocycles. The second-order valence-electron chi connectivity index (χ2n) is 2.19. The molecule has 1 aromatic rings. The summed E-state index contributed by atoms with van der Waals surface area (Å²) in [5.41, 5.74) is 6.03. The molecule has 0 aliphatic carbocycles. The molecule has 0 spiro atoms. The summed E-state index contributed by atoms with van der Waals surface area (Å²) in [5, 5.41) is 11.9. The summed E-state index contributed by atoms with van der Waals surface area (Å²) < 4.78 is 0.949. The molecule has 3 N–H and O–H groups in total. The van der Waals surface area contributed by atoms with Gasteiger partial charge >= 0.3 is 83.5 Å². The van der Waals surface area contributed by atoms with Crippen LogP contribution in [0.3, 0.4) is 0 Å². The number of halogens is 1. The molecule has 0 aromatic heterocycles. The van der Waals surface area contributed by atoms with Crippen molar-refractivity contribution in [2.75, 3.05) is 0 Å². The summed E-state index contributed by atoms with van der Waals surface area (Å²) in [6.45, 7) is 0. The first-order chi connectivity index (χ1) is 5.66. The van der Waals surface area contributed by atoms with E-state index in [0.29, 0.717) is 10.6 Å². The van der Waals surface area contributed by atoms with Gasteiger partial charge in [-0.1, -0.05) is 0 Å². The molecule has 1 unspecified atom stereocenters. The van der Waals surface area contributed by atoms with Crippen molar-refractivity contribution in [2.24, 2.45) is 10.9 Å². The third-order valence-electron chi connectivity index (χ3n) is 1.41. The average molecular weight is 247 g/mol. The zero-order valence-corrected chi connectivity index (χ0v) is 9.34. The van der Waals surface area contributed by atoms with Crippen LogP contribution in [0.25, 0.3) is 0 Å². The zero-order chi connectivity index (χ0) is 9.14. The van der Waals surface area contributed by atoms with Crippen molar-refractivity contribution in [3.8, 4) is 0 Å². The van der Waals surface area contributed by atoms with E-state index in [1.807, 2.05) is 12.1 Å².